The highest BCUT2D eigenvalue weighted by molar-refractivity contribution is 5.83. The van der Waals surface area contributed by atoms with Crippen LogP contribution in [-0.4, -0.2) is 46.7 Å². The molecule has 1 fully saturated rings. The lowest BCUT2D eigenvalue weighted by Crippen LogP contribution is -2.24. The Labute approximate surface area is 178 Å². The summed E-state index contributed by atoms with van der Waals surface area (Å²) in [5, 5.41) is 5.28. The predicted molar refractivity (Wildman–Crippen MR) is 114 cm³/mol. The standard InChI is InChI=1S/C23H22N4O4/c1-29-18-6-5-16(20(11-18)30-2)12-27-13-17(10-21(27)28)22-25-23(31-26-22)15-4-3-14-7-8-24-19(14)9-15/h3-9,11,17,24H,10,12-13H2,1-2H3. The molecule has 2 aromatic carbocycles. The highest BCUT2D eigenvalue weighted by Crippen LogP contribution is 2.32. The Bertz CT molecular complexity index is 1250. The number of benzene rings is 2. The number of H-pyrrole nitrogens is 1. The molecule has 0 saturated carbocycles. The van der Waals surface area contributed by atoms with Crippen LogP contribution in [0.1, 0.15) is 23.7 Å². The quantitative estimate of drug-likeness (QED) is 0.513. The molecule has 4 aromatic rings. The van der Waals surface area contributed by atoms with Crippen molar-refractivity contribution in [2.75, 3.05) is 20.8 Å². The minimum Gasteiger partial charge on any atom is -0.497 e. The maximum Gasteiger partial charge on any atom is 0.258 e. The summed E-state index contributed by atoms with van der Waals surface area (Å²) in [7, 11) is 3.22. The van der Waals surface area contributed by atoms with Crippen LogP contribution in [0.2, 0.25) is 0 Å². The molecule has 1 N–H and O–H groups in total. The number of amides is 1. The molecule has 0 radical (unpaired) electrons. The molecule has 2 aromatic heterocycles. The Balaban J connectivity index is 1.32. The first kappa shape index (κ1) is 19.2. The first-order valence-electron chi connectivity index (χ1n) is 10.0. The third-order valence-electron chi connectivity index (χ3n) is 5.68. The molecule has 1 aliphatic rings. The van der Waals surface area contributed by atoms with Gasteiger partial charge in [0.1, 0.15) is 11.5 Å². The zero-order valence-electron chi connectivity index (χ0n) is 17.3. The van der Waals surface area contributed by atoms with Crippen molar-refractivity contribution in [3.05, 3.63) is 60.0 Å². The molecule has 1 aliphatic heterocycles. The van der Waals surface area contributed by atoms with E-state index in [1.165, 1.54) is 0 Å². The van der Waals surface area contributed by atoms with E-state index in [0.29, 0.717) is 42.7 Å². The van der Waals surface area contributed by atoms with E-state index in [-0.39, 0.29) is 11.8 Å². The number of carbonyl (C=O) groups excluding carboxylic acids is 1. The second-order valence-corrected chi connectivity index (χ2v) is 7.59. The van der Waals surface area contributed by atoms with Gasteiger partial charge in [0.25, 0.3) is 5.89 Å². The van der Waals surface area contributed by atoms with E-state index in [4.69, 9.17) is 14.0 Å². The van der Waals surface area contributed by atoms with E-state index in [2.05, 4.69) is 15.1 Å². The van der Waals surface area contributed by atoms with Crippen LogP contribution in [0.4, 0.5) is 0 Å². The number of methoxy groups -OCH3 is 2. The molecule has 8 nitrogen and oxygen atoms in total. The molecule has 31 heavy (non-hydrogen) atoms. The molecule has 158 valence electrons. The number of aromatic amines is 1. The van der Waals surface area contributed by atoms with Gasteiger partial charge in [-0.1, -0.05) is 11.2 Å². The summed E-state index contributed by atoms with van der Waals surface area (Å²) in [6, 6.07) is 13.6. The lowest BCUT2D eigenvalue weighted by molar-refractivity contribution is -0.128. The molecule has 8 heteroatoms. The summed E-state index contributed by atoms with van der Waals surface area (Å²) in [6.07, 6.45) is 2.25. The Morgan fingerprint density at radius 2 is 2.06 bits per heavy atom. The van der Waals surface area contributed by atoms with E-state index in [1.807, 2.05) is 48.7 Å². The number of carbonyl (C=O) groups is 1. The van der Waals surface area contributed by atoms with Gasteiger partial charge >= 0.3 is 0 Å². The van der Waals surface area contributed by atoms with Crippen molar-refractivity contribution >= 4 is 16.8 Å². The smallest absolute Gasteiger partial charge is 0.258 e. The van der Waals surface area contributed by atoms with Gasteiger partial charge in [-0.15, -0.1) is 0 Å². The fraction of sp³-hybridized carbons (Fsp3) is 0.261. The van der Waals surface area contributed by atoms with Gasteiger partial charge in [0.2, 0.25) is 5.91 Å². The molecule has 0 spiro atoms. The number of ether oxygens (including phenoxy) is 2. The second kappa shape index (κ2) is 7.79. The van der Waals surface area contributed by atoms with Gasteiger partial charge < -0.3 is 23.9 Å². The van der Waals surface area contributed by atoms with E-state index in [9.17, 15) is 4.79 Å². The molecule has 0 aliphatic carbocycles. The highest BCUT2D eigenvalue weighted by Gasteiger charge is 2.34. The first-order chi connectivity index (χ1) is 15.1. The van der Waals surface area contributed by atoms with Crippen LogP contribution in [0.3, 0.4) is 0 Å². The van der Waals surface area contributed by atoms with Crippen LogP contribution < -0.4 is 9.47 Å². The molecular weight excluding hydrogens is 396 g/mol. The fourth-order valence-electron chi connectivity index (χ4n) is 3.98. The lowest BCUT2D eigenvalue weighted by atomic mass is 10.1. The summed E-state index contributed by atoms with van der Waals surface area (Å²) in [6.45, 7) is 0.985. The van der Waals surface area contributed by atoms with E-state index in [1.54, 1.807) is 19.1 Å². The van der Waals surface area contributed by atoms with Crippen LogP contribution in [0.25, 0.3) is 22.4 Å². The molecular formula is C23H22N4O4. The predicted octanol–water partition coefficient (Wildman–Crippen LogP) is 3.75. The molecule has 3 heterocycles. The number of nitrogens with zero attached hydrogens (tertiary/aromatic N) is 3. The Kier molecular flexibility index (Phi) is 4.82. The molecule has 1 unspecified atom stereocenters. The van der Waals surface area contributed by atoms with Gasteiger partial charge in [0.05, 0.1) is 14.2 Å². The maximum atomic E-state index is 12.6. The van der Waals surface area contributed by atoms with Gasteiger partial charge in [0, 0.05) is 54.3 Å². The van der Waals surface area contributed by atoms with Crippen molar-refractivity contribution in [2.24, 2.45) is 0 Å². The minimum absolute atomic E-state index is 0.0574. The van der Waals surface area contributed by atoms with Gasteiger partial charge in [-0.05, 0) is 35.7 Å². The van der Waals surface area contributed by atoms with Crippen molar-refractivity contribution in [1.82, 2.24) is 20.0 Å². The largest absolute Gasteiger partial charge is 0.497 e. The fourth-order valence-corrected chi connectivity index (χ4v) is 3.98. The summed E-state index contributed by atoms with van der Waals surface area (Å²) in [5.74, 6) is 2.36. The number of aromatic nitrogens is 3. The summed E-state index contributed by atoms with van der Waals surface area (Å²) < 4.78 is 16.2. The number of hydrogen-bond acceptors (Lipinski definition) is 6. The minimum atomic E-state index is -0.108. The summed E-state index contributed by atoms with van der Waals surface area (Å²) >= 11 is 0. The van der Waals surface area contributed by atoms with Crippen molar-refractivity contribution < 1.29 is 18.8 Å². The number of likely N-dealkylation sites (tertiary alicyclic amines) is 1. The third kappa shape index (κ3) is 3.61. The Hall–Kier alpha value is -3.81. The van der Waals surface area contributed by atoms with Crippen LogP contribution >= 0.6 is 0 Å². The van der Waals surface area contributed by atoms with Gasteiger partial charge in [0.15, 0.2) is 5.82 Å². The normalized spacial score (nSPS) is 16.3. The molecule has 0 bridgehead atoms. The maximum absolute atomic E-state index is 12.6. The van der Waals surface area contributed by atoms with Crippen molar-refractivity contribution in [2.45, 2.75) is 18.9 Å². The van der Waals surface area contributed by atoms with E-state index < -0.39 is 0 Å². The number of nitrogens with one attached hydrogen (secondary N) is 1. The summed E-state index contributed by atoms with van der Waals surface area (Å²) in [4.78, 5) is 22.2. The van der Waals surface area contributed by atoms with Crippen LogP contribution in [0, 0.1) is 0 Å². The van der Waals surface area contributed by atoms with E-state index >= 15 is 0 Å². The van der Waals surface area contributed by atoms with Crippen molar-refractivity contribution in [3.63, 3.8) is 0 Å². The van der Waals surface area contributed by atoms with Gasteiger partial charge in [-0.2, -0.15) is 4.98 Å². The zero-order chi connectivity index (χ0) is 21.4. The SMILES string of the molecule is COc1ccc(CN2CC(c3noc(-c4ccc5cc[nH]c5c4)n3)CC2=O)c(OC)c1. The average molecular weight is 418 g/mol. The Morgan fingerprint density at radius 1 is 1.16 bits per heavy atom. The molecule has 5 rings (SSSR count). The monoisotopic (exact) mass is 418 g/mol. The average Bonchev–Trinajstić information content (AvgIpc) is 3.53. The number of fused-ring (bicyclic) bond motifs is 1. The topological polar surface area (TPSA) is 93.5 Å². The van der Waals surface area contributed by atoms with Gasteiger partial charge in [-0.3, -0.25) is 4.79 Å². The molecule has 1 atom stereocenters. The van der Waals surface area contributed by atoms with Crippen LogP contribution in [0.15, 0.2) is 53.2 Å². The Morgan fingerprint density at radius 3 is 2.90 bits per heavy atom. The first-order valence-corrected chi connectivity index (χ1v) is 10.0. The van der Waals surface area contributed by atoms with Crippen molar-refractivity contribution in [1.29, 1.82) is 0 Å². The zero-order valence-corrected chi connectivity index (χ0v) is 17.3. The third-order valence-corrected chi connectivity index (χ3v) is 5.68. The lowest BCUT2D eigenvalue weighted by Gasteiger charge is -2.18. The van der Waals surface area contributed by atoms with E-state index in [0.717, 1.165) is 22.0 Å². The summed E-state index contributed by atoms with van der Waals surface area (Å²) in [5.41, 5.74) is 2.77. The van der Waals surface area contributed by atoms with Crippen molar-refractivity contribution in [3.8, 4) is 23.0 Å². The van der Waals surface area contributed by atoms with Gasteiger partial charge in [-0.25, -0.2) is 0 Å². The molecule has 1 saturated heterocycles. The molecule has 1 amide bonds. The second-order valence-electron chi connectivity index (χ2n) is 7.59. The highest BCUT2D eigenvalue weighted by atomic mass is 16.5. The van der Waals surface area contributed by atoms with Crippen LogP contribution in [0.5, 0.6) is 11.5 Å². The number of rotatable bonds is 6. The number of hydrogen-bond donors (Lipinski definition) is 1. The van der Waals surface area contributed by atoms with Crippen LogP contribution in [-0.2, 0) is 11.3 Å².